The fraction of sp³-hybridized carbons (Fsp3) is 0. The summed E-state index contributed by atoms with van der Waals surface area (Å²) in [5.74, 6) is 0. The highest BCUT2D eigenvalue weighted by Gasteiger charge is 2.19. The van der Waals surface area contributed by atoms with E-state index in [1.54, 1.807) is 6.07 Å². The summed E-state index contributed by atoms with van der Waals surface area (Å²) < 4.78 is 123. The maximum Gasteiger partial charge on any atom is 0.136 e. The van der Waals surface area contributed by atoms with Crippen molar-refractivity contribution in [2.45, 2.75) is 0 Å². The van der Waals surface area contributed by atoms with Crippen LogP contribution in [0.2, 0.25) is 0 Å². The SMILES string of the molecule is [2H]c1c([2H])c([2H])c(-c2c3c([2H])c([2H])c([2H])c([2H])c3c(-c3ccc(-c4ccc5oc6cc(-c7cccc8ccccc78)ccc6c5c4)c4ccccc34)c3c([2H])c([2H])c([2H])c([2H])c23)c([2H])c1[2H]. The summed E-state index contributed by atoms with van der Waals surface area (Å²) in [6, 6.07) is 29.4. The van der Waals surface area contributed by atoms with E-state index in [4.69, 9.17) is 16.8 Å². The lowest BCUT2D eigenvalue weighted by Gasteiger charge is -2.19. The second kappa shape index (κ2) is 11.8. The molecule has 1 nitrogen and oxygen atoms in total. The number of benzene rings is 10. The van der Waals surface area contributed by atoms with Crippen LogP contribution >= 0.6 is 0 Å². The van der Waals surface area contributed by atoms with Crippen molar-refractivity contribution in [1.29, 1.82) is 0 Å². The molecule has 0 N–H and O–H groups in total. The molecule has 0 fully saturated rings. The summed E-state index contributed by atoms with van der Waals surface area (Å²) in [4.78, 5) is 0. The van der Waals surface area contributed by atoms with Gasteiger partial charge >= 0.3 is 0 Å². The maximum atomic E-state index is 9.42. The standard InChI is InChI=1S/C52H32O/c1-2-14-34(15-3-1)51-43-20-8-10-22-45(43)52(46-23-11-9-21-44(46)51)47-29-28-39(40-18-6-7-19-41(40)47)35-26-30-49-48(31-35)42-27-25-36(32-50(42)53-49)38-24-12-16-33-13-4-5-17-37(33)38/h1-32H/i1D,2D,3D,8D,9D,10D,11D,14D,15D,20D,21D,22D,23D. The van der Waals surface area contributed by atoms with E-state index in [9.17, 15) is 5.48 Å². The lowest BCUT2D eigenvalue weighted by Crippen LogP contribution is -1.92. The van der Waals surface area contributed by atoms with Gasteiger partial charge in [-0.05, 0) is 112 Å². The first-order chi connectivity index (χ1) is 31.7. The monoisotopic (exact) mass is 685 g/mol. The summed E-state index contributed by atoms with van der Waals surface area (Å²) in [5, 5.41) is 4.68. The van der Waals surface area contributed by atoms with E-state index in [0.717, 1.165) is 54.8 Å². The normalized spacial score (nSPS) is 15.2. The van der Waals surface area contributed by atoms with Crippen LogP contribution in [0.3, 0.4) is 0 Å². The van der Waals surface area contributed by atoms with E-state index in [-0.39, 0.29) is 32.7 Å². The van der Waals surface area contributed by atoms with E-state index in [1.807, 2.05) is 60.7 Å². The molecule has 0 aliphatic rings. The maximum absolute atomic E-state index is 9.42. The molecule has 0 aliphatic heterocycles. The summed E-state index contributed by atoms with van der Waals surface area (Å²) in [6.45, 7) is 0. The van der Waals surface area contributed by atoms with Gasteiger partial charge in [0.1, 0.15) is 11.2 Å². The Morgan fingerprint density at radius 2 is 0.887 bits per heavy atom. The van der Waals surface area contributed by atoms with Crippen LogP contribution in [-0.2, 0) is 0 Å². The number of hydrogen-bond acceptors (Lipinski definition) is 1. The Morgan fingerprint density at radius 1 is 0.321 bits per heavy atom. The molecule has 246 valence electrons. The predicted molar refractivity (Wildman–Crippen MR) is 225 cm³/mol. The highest BCUT2D eigenvalue weighted by molar-refractivity contribution is 6.24. The third kappa shape index (κ3) is 4.64. The molecule has 1 heteroatoms. The Labute approximate surface area is 325 Å². The summed E-state index contributed by atoms with van der Waals surface area (Å²) in [6.07, 6.45) is 0. The van der Waals surface area contributed by atoms with Gasteiger partial charge in [-0.15, -0.1) is 0 Å². The van der Waals surface area contributed by atoms with Gasteiger partial charge in [-0.3, -0.25) is 0 Å². The van der Waals surface area contributed by atoms with Crippen LogP contribution in [0.25, 0.3) is 110 Å². The lowest BCUT2D eigenvalue weighted by atomic mass is 9.84. The minimum Gasteiger partial charge on any atom is -0.456 e. The minimum atomic E-state index is -0.716. The van der Waals surface area contributed by atoms with Gasteiger partial charge in [0.25, 0.3) is 0 Å². The van der Waals surface area contributed by atoms with E-state index in [1.165, 1.54) is 0 Å². The van der Waals surface area contributed by atoms with Crippen molar-refractivity contribution in [2.24, 2.45) is 0 Å². The Kier molecular flexibility index (Phi) is 4.36. The first-order valence-corrected chi connectivity index (χ1v) is 17.2. The molecule has 53 heavy (non-hydrogen) atoms. The van der Waals surface area contributed by atoms with Gasteiger partial charge in [-0.1, -0.05) is 170 Å². The topological polar surface area (TPSA) is 13.1 Å². The van der Waals surface area contributed by atoms with Crippen molar-refractivity contribution in [3.63, 3.8) is 0 Å². The molecule has 1 aromatic heterocycles. The zero-order valence-corrected chi connectivity index (χ0v) is 27.9. The zero-order valence-electron chi connectivity index (χ0n) is 40.9. The molecule has 0 radical (unpaired) electrons. The molecule has 0 saturated heterocycles. The van der Waals surface area contributed by atoms with Gasteiger partial charge in [-0.2, -0.15) is 0 Å². The van der Waals surface area contributed by atoms with Crippen molar-refractivity contribution in [3.05, 3.63) is 194 Å². The van der Waals surface area contributed by atoms with Crippen molar-refractivity contribution >= 4 is 65.0 Å². The number of furan rings is 1. The van der Waals surface area contributed by atoms with Crippen LogP contribution in [0, 0.1) is 0 Å². The molecule has 0 amide bonds. The van der Waals surface area contributed by atoms with E-state index >= 15 is 0 Å². The first kappa shape index (κ1) is 19.6. The summed E-state index contributed by atoms with van der Waals surface area (Å²) in [5.41, 5.74) is 4.91. The van der Waals surface area contributed by atoms with Crippen LogP contribution in [0.15, 0.2) is 198 Å². The number of hydrogen-bond donors (Lipinski definition) is 0. The fourth-order valence-electron chi connectivity index (χ4n) is 7.88. The highest BCUT2D eigenvalue weighted by atomic mass is 16.3. The number of rotatable bonds is 4. The lowest BCUT2D eigenvalue weighted by molar-refractivity contribution is 0.669. The quantitative estimate of drug-likeness (QED) is 0.168. The first-order valence-electron chi connectivity index (χ1n) is 23.7. The van der Waals surface area contributed by atoms with Crippen LogP contribution in [0.4, 0.5) is 0 Å². The largest absolute Gasteiger partial charge is 0.456 e. The van der Waals surface area contributed by atoms with Gasteiger partial charge in [0.15, 0.2) is 0 Å². The molecule has 0 saturated carbocycles. The molecule has 10 aromatic carbocycles. The average Bonchev–Trinajstić information content (AvgIpc) is 3.71. The van der Waals surface area contributed by atoms with E-state index in [2.05, 4.69) is 48.5 Å². The van der Waals surface area contributed by atoms with Crippen LogP contribution in [0.5, 0.6) is 0 Å². The molecule has 1 heterocycles. The molecule has 11 rings (SSSR count). The van der Waals surface area contributed by atoms with E-state index < -0.39 is 84.1 Å². The van der Waals surface area contributed by atoms with Gasteiger partial charge in [0, 0.05) is 10.8 Å². The van der Waals surface area contributed by atoms with Crippen molar-refractivity contribution in [2.75, 3.05) is 0 Å². The second-order valence-corrected chi connectivity index (χ2v) is 13.0. The molecule has 0 bridgehead atoms. The summed E-state index contributed by atoms with van der Waals surface area (Å²) >= 11 is 0. The van der Waals surface area contributed by atoms with Gasteiger partial charge in [-0.25, -0.2) is 0 Å². The fourth-order valence-corrected chi connectivity index (χ4v) is 7.88. The molecule has 11 aromatic rings. The molecule has 0 aliphatic carbocycles. The third-order valence-electron chi connectivity index (χ3n) is 10.2. The van der Waals surface area contributed by atoms with Gasteiger partial charge < -0.3 is 4.42 Å². The Balaban J connectivity index is 1.20. The molecule has 0 atom stereocenters. The smallest absolute Gasteiger partial charge is 0.136 e. The molecule has 0 unspecified atom stereocenters. The third-order valence-corrected chi connectivity index (χ3v) is 10.2. The second-order valence-electron chi connectivity index (χ2n) is 13.0. The predicted octanol–water partition coefficient (Wildman–Crippen LogP) is 14.9. The Hall–Kier alpha value is -6.96. The van der Waals surface area contributed by atoms with Crippen molar-refractivity contribution in [1.82, 2.24) is 0 Å². The number of fused-ring (bicyclic) bond motifs is 7. The Bertz CT molecular complexity index is 3870. The molecule has 0 spiro atoms. The van der Waals surface area contributed by atoms with Crippen LogP contribution in [-0.4, -0.2) is 0 Å². The van der Waals surface area contributed by atoms with Crippen molar-refractivity contribution < 1.29 is 22.2 Å². The Morgan fingerprint density at radius 3 is 1.64 bits per heavy atom. The molecular formula is C52H32O. The highest BCUT2D eigenvalue weighted by Crippen LogP contribution is 2.47. The van der Waals surface area contributed by atoms with Gasteiger partial charge in [0.2, 0.25) is 0 Å². The van der Waals surface area contributed by atoms with Crippen LogP contribution < -0.4 is 0 Å². The average molecular weight is 686 g/mol. The van der Waals surface area contributed by atoms with Crippen LogP contribution in [0.1, 0.15) is 17.8 Å². The van der Waals surface area contributed by atoms with E-state index in [0.29, 0.717) is 16.5 Å². The van der Waals surface area contributed by atoms with Crippen molar-refractivity contribution in [3.8, 4) is 44.5 Å². The zero-order chi connectivity index (χ0) is 46.2. The minimum absolute atomic E-state index is 0.0798. The van der Waals surface area contributed by atoms with Gasteiger partial charge in [0.05, 0.1) is 17.8 Å². The summed E-state index contributed by atoms with van der Waals surface area (Å²) in [7, 11) is 0. The molecular weight excluding hydrogens is 641 g/mol.